The third-order valence-corrected chi connectivity index (χ3v) is 5.50. The van der Waals surface area contributed by atoms with Crippen LogP contribution in [-0.2, 0) is 9.84 Å². The Bertz CT molecular complexity index is 733. The molecule has 1 aromatic carbocycles. The summed E-state index contributed by atoms with van der Waals surface area (Å²) in [6, 6.07) is 2.73. The van der Waals surface area contributed by atoms with Gasteiger partial charge in [0.25, 0.3) is 5.69 Å². The van der Waals surface area contributed by atoms with Gasteiger partial charge in [0.1, 0.15) is 5.69 Å². The molecule has 8 nitrogen and oxygen atoms in total. The number of aliphatic hydroxyl groups is 1. The lowest BCUT2D eigenvalue weighted by atomic mass is 9.89. The van der Waals surface area contributed by atoms with Crippen molar-refractivity contribution < 1.29 is 27.2 Å². The number of rotatable bonds is 5. The number of nitrogens with zero attached hydrogens (tertiary/aromatic N) is 2. The molecular formula is C13H17F2N3O5S. The number of hydrogen-bond donors (Lipinski definition) is 2. The van der Waals surface area contributed by atoms with Crippen LogP contribution in [0.4, 0.5) is 20.2 Å². The minimum absolute atomic E-state index is 0.133. The maximum Gasteiger partial charge on any atom is 0.341 e. The van der Waals surface area contributed by atoms with E-state index in [2.05, 4.69) is 0 Å². The Kier molecular flexibility index (Phi) is 5.06. The highest BCUT2D eigenvalue weighted by molar-refractivity contribution is 7.91. The monoisotopic (exact) mass is 365 g/mol. The maximum atomic E-state index is 12.6. The zero-order valence-electron chi connectivity index (χ0n) is 12.6. The van der Waals surface area contributed by atoms with E-state index < -0.39 is 36.6 Å². The minimum atomic E-state index is -4.91. The first-order valence-electron chi connectivity index (χ1n) is 7.06. The summed E-state index contributed by atoms with van der Waals surface area (Å²) in [4.78, 5) is 11.2. The molecule has 1 aliphatic rings. The molecule has 1 aromatic rings. The van der Waals surface area contributed by atoms with E-state index >= 15 is 0 Å². The van der Waals surface area contributed by atoms with Crippen molar-refractivity contribution in [3.05, 3.63) is 28.3 Å². The molecule has 0 aromatic heterocycles. The van der Waals surface area contributed by atoms with Crippen molar-refractivity contribution in [3.63, 3.8) is 0 Å². The topological polar surface area (TPSA) is 127 Å². The van der Waals surface area contributed by atoms with Gasteiger partial charge in [0.2, 0.25) is 9.84 Å². The van der Waals surface area contributed by atoms with Gasteiger partial charge in [0.05, 0.1) is 16.4 Å². The fourth-order valence-electron chi connectivity index (χ4n) is 2.55. The Hall–Kier alpha value is -1.85. The molecule has 1 heterocycles. The van der Waals surface area contributed by atoms with Crippen molar-refractivity contribution in [2.24, 2.45) is 5.73 Å². The van der Waals surface area contributed by atoms with Gasteiger partial charge in [-0.25, -0.2) is 8.42 Å². The van der Waals surface area contributed by atoms with Crippen molar-refractivity contribution in [1.29, 1.82) is 0 Å². The molecule has 0 saturated carbocycles. The van der Waals surface area contributed by atoms with Crippen LogP contribution in [0.2, 0.25) is 0 Å². The number of benzene rings is 1. The van der Waals surface area contributed by atoms with Crippen molar-refractivity contribution >= 4 is 21.2 Å². The van der Waals surface area contributed by atoms with Crippen LogP contribution in [0.5, 0.6) is 0 Å². The molecule has 134 valence electrons. The smallest absolute Gasteiger partial charge is 0.341 e. The molecular weight excluding hydrogens is 348 g/mol. The van der Waals surface area contributed by atoms with E-state index in [1.165, 1.54) is 0 Å². The number of nitro benzene ring substituents is 1. The summed E-state index contributed by atoms with van der Waals surface area (Å²) in [7, 11) is -4.91. The Balaban J connectivity index is 2.37. The second-order valence-electron chi connectivity index (χ2n) is 5.72. The van der Waals surface area contributed by atoms with Crippen LogP contribution >= 0.6 is 0 Å². The second kappa shape index (κ2) is 6.57. The number of piperidine rings is 1. The summed E-state index contributed by atoms with van der Waals surface area (Å²) >= 11 is 0. The minimum Gasteiger partial charge on any atom is -0.394 e. The first-order chi connectivity index (χ1) is 11.1. The van der Waals surface area contributed by atoms with Gasteiger partial charge in [-0.1, -0.05) is 0 Å². The lowest BCUT2D eigenvalue weighted by Gasteiger charge is -2.38. The predicted octanol–water partition coefficient (Wildman–Crippen LogP) is 0.881. The number of nitrogens with two attached hydrogens (primary N) is 1. The largest absolute Gasteiger partial charge is 0.394 e. The predicted molar refractivity (Wildman–Crippen MR) is 81.7 cm³/mol. The van der Waals surface area contributed by atoms with Crippen LogP contribution in [0.3, 0.4) is 0 Å². The highest BCUT2D eigenvalue weighted by Gasteiger charge is 2.34. The van der Waals surface area contributed by atoms with E-state index in [9.17, 15) is 32.4 Å². The summed E-state index contributed by atoms with van der Waals surface area (Å²) in [6.45, 7) is 0.423. The first-order valence-corrected chi connectivity index (χ1v) is 8.60. The van der Waals surface area contributed by atoms with Gasteiger partial charge in [-0.2, -0.15) is 8.78 Å². The molecule has 0 bridgehead atoms. The number of aliphatic hydroxyl groups excluding tert-OH is 1. The molecule has 24 heavy (non-hydrogen) atoms. The fraction of sp³-hybridized carbons (Fsp3) is 0.538. The number of halogens is 2. The average Bonchev–Trinajstić information content (AvgIpc) is 2.55. The van der Waals surface area contributed by atoms with Crippen molar-refractivity contribution in [2.75, 3.05) is 24.6 Å². The average molecular weight is 365 g/mol. The fourth-order valence-corrected chi connectivity index (χ4v) is 3.29. The van der Waals surface area contributed by atoms with Gasteiger partial charge in [-0.15, -0.1) is 0 Å². The number of alkyl halides is 2. The summed E-state index contributed by atoms with van der Waals surface area (Å²) in [5, 5.41) is 20.5. The third kappa shape index (κ3) is 3.47. The van der Waals surface area contributed by atoms with Gasteiger partial charge < -0.3 is 15.7 Å². The van der Waals surface area contributed by atoms with Gasteiger partial charge in [-0.3, -0.25) is 10.1 Å². The van der Waals surface area contributed by atoms with Gasteiger partial charge in [0, 0.05) is 24.7 Å². The van der Waals surface area contributed by atoms with E-state index in [0.717, 1.165) is 12.1 Å². The van der Waals surface area contributed by atoms with Crippen LogP contribution in [-0.4, -0.2) is 49.4 Å². The van der Waals surface area contributed by atoms with E-state index in [-0.39, 0.29) is 12.3 Å². The van der Waals surface area contributed by atoms with Crippen LogP contribution in [0.25, 0.3) is 0 Å². The quantitative estimate of drug-likeness (QED) is 0.586. The van der Waals surface area contributed by atoms with Gasteiger partial charge >= 0.3 is 5.76 Å². The molecule has 1 fully saturated rings. The maximum absolute atomic E-state index is 12.6. The molecule has 0 aliphatic carbocycles. The summed E-state index contributed by atoms with van der Waals surface area (Å²) < 4.78 is 48.2. The van der Waals surface area contributed by atoms with E-state index in [0.29, 0.717) is 32.0 Å². The molecule has 3 N–H and O–H groups in total. The van der Waals surface area contributed by atoms with Crippen LogP contribution < -0.4 is 10.6 Å². The lowest BCUT2D eigenvalue weighted by molar-refractivity contribution is -0.384. The molecule has 0 atom stereocenters. The molecule has 2 rings (SSSR count). The van der Waals surface area contributed by atoms with E-state index in [1.54, 1.807) is 4.90 Å². The highest BCUT2D eigenvalue weighted by Crippen LogP contribution is 2.34. The molecule has 1 saturated heterocycles. The third-order valence-electron chi connectivity index (χ3n) is 4.12. The molecule has 1 aliphatic heterocycles. The zero-order valence-corrected chi connectivity index (χ0v) is 13.4. The van der Waals surface area contributed by atoms with Crippen molar-refractivity contribution in [3.8, 4) is 0 Å². The molecule has 0 spiro atoms. The van der Waals surface area contributed by atoms with Gasteiger partial charge in [0.15, 0.2) is 0 Å². The highest BCUT2D eigenvalue weighted by atomic mass is 32.2. The first kappa shape index (κ1) is 18.5. The Morgan fingerprint density at radius 3 is 2.42 bits per heavy atom. The number of anilines is 1. The summed E-state index contributed by atoms with van der Waals surface area (Å²) in [5.41, 5.74) is 4.75. The van der Waals surface area contributed by atoms with Crippen LogP contribution in [0.15, 0.2) is 23.1 Å². The second-order valence-corrected chi connectivity index (χ2v) is 7.64. The number of nitro groups is 1. The molecule has 0 amide bonds. The van der Waals surface area contributed by atoms with Crippen LogP contribution in [0.1, 0.15) is 12.8 Å². The zero-order chi connectivity index (χ0) is 18.1. The van der Waals surface area contributed by atoms with Crippen molar-refractivity contribution in [1.82, 2.24) is 0 Å². The van der Waals surface area contributed by atoms with E-state index in [1.807, 2.05) is 0 Å². The van der Waals surface area contributed by atoms with Crippen LogP contribution in [0, 0.1) is 10.1 Å². The van der Waals surface area contributed by atoms with E-state index in [4.69, 9.17) is 5.73 Å². The Morgan fingerprint density at radius 2 is 1.96 bits per heavy atom. The lowest BCUT2D eigenvalue weighted by Crippen LogP contribution is -2.53. The Labute approximate surface area is 136 Å². The summed E-state index contributed by atoms with van der Waals surface area (Å²) in [5.74, 6) is -3.65. The summed E-state index contributed by atoms with van der Waals surface area (Å²) in [6.07, 6.45) is 0.773. The number of sulfone groups is 1. The van der Waals surface area contributed by atoms with Crippen molar-refractivity contribution in [2.45, 2.75) is 29.0 Å². The molecule has 0 unspecified atom stereocenters. The molecule has 0 radical (unpaired) electrons. The molecule has 11 heteroatoms. The normalized spacial score (nSPS) is 18.0. The SMILES string of the molecule is NC1(CO)CCN(c2ccc(S(=O)(=O)C(F)F)cc2[N+](=O)[O-])CC1. The Morgan fingerprint density at radius 1 is 1.38 bits per heavy atom. The number of hydrogen-bond acceptors (Lipinski definition) is 7. The standard InChI is InChI=1S/C13H17F2N3O5S/c14-12(15)24(22,23)9-1-2-10(11(7-9)18(20)21)17-5-3-13(16,8-19)4-6-17/h1-2,7,12,19H,3-6,8,16H2. The van der Waals surface area contributed by atoms with Gasteiger partial charge in [-0.05, 0) is 25.0 Å².